The van der Waals surface area contributed by atoms with Crippen molar-refractivity contribution in [3.05, 3.63) is 210 Å². The first-order valence-electron chi connectivity index (χ1n) is 18.4. The zero-order chi connectivity index (χ0) is 34.7. The molecule has 0 aliphatic heterocycles. The number of thiophene rings is 1. The molecular formula is C51H31NS. The summed E-state index contributed by atoms with van der Waals surface area (Å²) < 4.78 is 2.60. The van der Waals surface area contributed by atoms with E-state index in [1.54, 1.807) is 0 Å². The van der Waals surface area contributed by atoms with Crippen LogP contribution in [0.5, 0.6) is 0 Å². The third-order valence-corrected chi connectivity index (χ3v) is 13.0. The summed E-state index contributed by atoms with van der Waals surface area (Å²) >= 11 is 1.89. The average molecular weight is 690 g/mol. The first-order valence-corrected chi connectivity index (χ1v) is 19.2. The minimum atomic E-state index is -0.480. The monoisotopic (exact) mass is 689 g/mol. The Labute approximate surface area is 311 Å². The van der Waals surface area contributed by atoms with Gasteiger partial charge >= 0.3 is 0 Å². The van der Waals surface area contributed by atoms with Crippen LogP contribution in [0.4, 0.5) is 17.1 Å². The van der Waals surface area contributed by atoms with Crippen LogP contribution in [0.3, 0.4) is 0 Å². The van der Waals surface area contributed by atoms with Crippen LogP contribution in [0.1, 0.15) is 22.3 Å². The Morgan fingerprint density at radius 3 is 1.75 bits per heavy atom. The Balaban J connectivity index is 1.26. The SMILES string of the molecule is c1ccc(N(c2cc3c(c4ccccc24)-c2cc4ccccc4cc2C32c3ccccc3-c3ccccc32)c2cccc3c2sc2ccccc23)cc1. The van der Waals surface area contributed by atoms with Gasteiger partial charge in [0.2, 0.25) is 0 Å². The summed E-state index contributed by atoms with van der Waals surface area (Å²) in [6.07, 6.45) is 0. The number of benzene rings is 9. The Kier molecular flexibility index (Phi) is 5.92. The predicted molar refractivity (Wildman–Crippen MR) is 225 cm³/mol. The molecule has 1 nitrogen and oxygen atoms in total. The lowest BCUT2D eigenvalue weighted by Gasteiger charge is -2.33. The smallest absolute Gasteiger partial charge is 0.0726 e. The Bertz CT molecular complexity index is 3090. The molecule has 2 aliphatic rings. The highest BCUT2D eigenvalue weighted by molar-refractivity contribution is 7.26. The van der Waals surface area contributed by atoms with Crippen LogP contribution < -0.4 is 4.90 Å². The van der Waals surface area contributed by atoms with E-state index in [2.05, 4.69) is 193 Å². The van der Waals surface area contributed by atoms with Crippen LogP contribution in [-0.4, -0.2) is 0 Å². The molecule has 10 aromatic rings. The van der Waals surface area contributed by atoms with Crippen LogP contribution in [0.25, 0.3) is 64.0 Å². The van der Waals surface area contributed by atoms with Crippen molar-refractivity contribution in [2.75, 3.05) is 4.90 Å². The topological polar surface area (TPSA) is 3.24 Å². The molecule has 2 aliphatic carbocycles. The van der Waals surface area contributed by atoms with Gasteiger partial charge in [0.1, 0.15) is 0 Å². The van der Waals surface area contributed by atoms with E-state index in [-0.39, 0.29) is 0 Å². The van der Waals surface area contributed by atoms with E-state index in [0.29, 0.717) is 0 Å². The average Bonchev–Trinajstić information content (AvgIpc) is 3.85. The summed E-state index contributed by atoms with van der Waals surface area (Å²) in [7, 11) is 0. The zero-order valence-electron chi connectivity index (χ0n) is 28.8. The second kappa shape index (κ2) is 10.8. The Hall–Kier alpha value is -6.48. The van der Waals surface area contributed by atoms with Gasteiger partial charge in [-0.25, -0.2) is 0 Å². The summed E-state index contributed by atoms with van der Waals surface area (Å²) in [4.78, 5) is 2.53. The van der Waals surface area contributed by atoms with Crippen molar-refractivity contribution in [1.29, 1.82) is 0 Å². The van der Waals surface area contributed by atoms with Crippen molar-refractivity contribution in [2.45, 2.75) is 5.41 Å². The van der Waals surface area contributed by atoms with Gasteiger partial charge in [-0.15, -0.1) is 11.3 Å². The van der Waals surface area contributed by atoms with Gasteiger partial charge in [-0.1, -0.05) is 146 Å². The number of rotatable bonds is 3. The quantitative estimate of drug-likeness (QED) is 0.178. The van der Waals surface area contributed by atoms with E-state index in [4.69, 9.17) is 0 Å². The summed E-state index contributed by atoms with van der Waals surface area (Å²) in [6, 6.07) is 70.3. The second-order valence-electron chi connectivity index (χ2n) is 14.4. The van der Waals surface area contributed by atoms with Gasteiger partial charge in [-0.3, -0.25) is 0 Å². The second-order valence-corrected chi connectivity index (χ2v) is 15.4. The van der Waals surface area contributed by atoms with Crippen LogP contribution in [0.2, 0.25) is 0 Å². The molecule has 9 aromatic carbocycles. The third kappa shape index (κ3) is 3.81. The first-order chi connectivity index (χ1) is 26.3. The van der Waals surface area contributed by atoms with Gasteiger partial charge in [-0.2, -0.15) is 0 Å². The molecule has 0 saturated carbocycles. The molecule has 12 rings (SSSR count). The summed E-state index contributed by atoms with van der Waals surface area (Å²) in [5.74, 6) is 0. The molecule has 1 heterocycles. The van der Waals surface area contributed by atoms with E-state index in [9.17, 15) is 0 Å². The van der Waals surface area contributed by atoms with Gasteiger partial charge in [0.15, 0.2) is 0 Å². The molecule has 0 N–H and O–H groups in total. The molecule has 2 heteroatoms. The maximum Gasteiger partial charge on any atom is 0.0726 e. The standard InChI is InChI=1S/C51H31NS/c1-2-17-34(18-3-1)52(46-27-14-24-40-38-22-10-13-28-48(38)53-50(40)46)47-31-45-49(39-23-7-6-21-37(39)47)41-29-32-15-4-5-16-33(32)30-44(41)51(45)42-25-11-8-19-35(42)36-20-9-12-26-43(36)51/h1-31H. The molecule has 0 saturated heterocycles. The molecule has 0 radical (unpaired) electrons. The van der Waals surface area contributed by atoms with Crippen molar-refractivity contribution in [2.24, 2.45) is 0 Å². The van der Waals surface area contributed by atoms with Crippen molar-refractivity contribution < 1.29 is 0 Å². The highest BCUT2D eigenvalue weighted by Crippen LogP contribution is 2.65. The van der Waals surface area contributed by atoms with E-state index in [0.717, 1.165) is 5.69 Å². The largest absolute Gasteiger partial charge is 0.308 e. The molecule has 1 spiro atoms. The fraction of sp³-hybridized carbons (Fsp3) is 0.0196. The highest BCUT2D eigenvalue weighted by Gasteiger charge is 2.52. The molecular weight excluding hydrogens is 659 g/mol. The molecule has 246 valence electrons. The number of hydrogen-bond acceptors (Lipinski definition) is 2. The molecule has 53 heavy (non-hydrogen) atoms. The molecule has 0 atom stereocenters. The maximum absolute atomic E-state index is 2.56. The van der Waals surface area contributed by atoms with Gasteiger partial charge in [0.25, 0.3) is 0 Å². The summed E-state index contributed by atoms with van der Waals surface area (Å²) in [5.41, 5.74) is 13.8. The van der Waals surface area contributed by atoms with E-state index in [1.165, 1.54) is 97.6 Å². The number of nitrogens with zero attached hydrogens (tertiary/aromatic N) is 1. The third-order valence-electron chi connectivity index (χ3n) is 11.8. The Morgan fingerprint density at radius 2 is 0.981 bits per heavy atom. The molecule has 0 unspecified atom stereocenters. The number of hydrogen-bond donors (Lipinski definition) is 0. The van der Waals surface area contributed by atoms with Crippen molar-refractivity contribution >= 4 is 70.1 Å². The van der Waals surface area contributed by atoms with Crippen LogP contribution in [0.15, 0.2) is 188 Å². The van der Waals surface area contributed by atoms with Crippen molar-refractivity contribution in [3.8, 4) is 22.3 Å². The number of fused-ring (bicyclic) bond motifs is 16. The van der Waals surface area contributed by atoms with E-state index >= 15 is 0 Å². The lowest BCUT2D eigenvalue weighted by Crippen LogP contribution is -2.26. The van der Waals surface area contributed by atoms with Crippen LogP contribution >= 0.6 is 11.3 Å². The summed E-state index contributed by atoms with van der Waals surface area (Å²) in [6.45, 7) is 0. The van der Waals surface area contributed by atoms with Gasteiger partial charge in [0.05, 0.1) is 21.5 Å². The summed E-state index contributed by atoms with van der Waals surface area (Å²) in [5, 5.41) is 7.66. The van der Waals surface area contributed by atoms with Crippen LogP contribution in [-0.2, 0) is 5.41 Å². The minimum Gasteiger partial charge on any atom is -0.308 e. The fourth-order valence-corrected chi connectivity index (χ4v) is 10.9. The normalized spacial score (nSPS) is 13.4. The lowest BCUT2D eigenvalue weighted by atomic mass is 9.70. The highest BCUT2D eigenvalue weighted by atomic mass is 32.1. The predicted octanol–water partition coefficient (Wildman–Crippen LogP) is 14.2. The fourth-order valence-electron chi connectivity index (χ4n) is 9.74. The Morgan fingerprint density at radius 1 is 0.377 bits per heavy atom. The zero-order valence-corrected chi connectivity index (χ0v) is 29.6. The van der Waals surface area contributed by atoms with Crippen molar-refractivity contribution in [3.63, 3.8) is 0 Å². The van der Waals surface area contributed by atoms with E-state index < -0.39 is 5.41 Å². The number of para-hydroxylation sites is 1. The molecule has 1 aromatic heterocycles. The van der Waals surface area contributed by atoms with Crippen LogP contribution in [0, 0.1) is 0 Å². The van der Waals surface area contributed by atoms with Gasteiger partial charge in [0, 0.05) is 26.5 Å². The van der Waals surface area contributed by atoms with Gasteiger partial charge < -0.3 is 4.90 Å². The van der Waals surface area contributed by atoms with Gasteiger partial charge in [-0.05, 0) is 103 Å². The lowest BCUT2D eigenvalue weighted by molar-refractivity contribution is 0.795. The molecule has 0 fully saturated rings. The molecule has 0 amide bonds. The first kappa shape index (κ1) is 29.1. The molecule has 0 bridgehead atoms. The maximum atomic E-state index is 2.56. The van der Waals surface area contributed by atoms with Crippen molar-refractivity contribution in [1.82, 2.24) is 0 Å². The minimum absolute atomic E-state index is 0.480. The number of anilines is 3. The van der Waals surface area contributed by atoms with E-state index in [1.807, 2.05) is 11.3 Å².